The van der Waals surface area contributed by atoms with Gasteiger partial charge in [-0.3, -0.25) is 14.5 Å². The van der Waals surface area contributed by atoms with Gasteiger partial charge < -0.3 is 19.3 Å². The fraction of sp³-hybridized carbons (Fsp3) is 0.400. The topological polar surface area (TPSA) is 75.2 Å². The number of piperazine rings is 1. The molecule has 33 heavy (non-hydrogen) atoms. The highest BCUT2D eigenvalue weighted by atomic mass is 16.5. The fourth-order valence-electron chi connectivity index (χ4n) is 4.34. The highest BCUT2D eigenvalue weighted by molar-refractivity contribution is 6.35. The van der Waals surface area contributed by atoms with Crippen molar-refractivity contribution in [3.63, 3.8) is 0 Å². The number of amides is 2. The van der Waals surface area contributed by atoms with Crippen molar-refractivity contribution in [3.8, 4) is 11.5 Å². The summed E-state index contributed by atoms with van der Waals surface area (Å²) >= 11 is 0. The normalized spacial score (nSPS) is 16.8. The molecule has 0 bridgehead atoms. The van der Waals surface area contributed by atoms with E-state index in [9.17, 15) is 9.59 Å². The number of benzene rings is 1. The molecule has 0 aliphatic carbocycles. The van der Waals surface area contributed by atoms with Crippen LogP contribution in [0, 0.1) is 5.92 Å². The molecule has 2 aliphatic rings. The number of carbonyl (C=O) groups excluding carboxylic acids is 2. The number of hydrogen-bond donors (Lipinski definition) is 0. The van der Waals surface area contributed by atoms with Gasteiger partial charge in [0.25, 0.3) is 11.8 Å². The second-order valence-electron chi connectivity index (χ2n) is 8.57. The van der Waals surface area contributed by atoms with Crippen LogP contribution in [0.25, 0.3) is 5.57 Å². The maximum absolute atomic E-state index is 13.5. The number of rotatable bonds is 7. The molecule has 0 N–H and O–H groups in total. The first-order chi connectivity index (χ1) is 15.9. The molecule has 1 saturated heterocycles. The lowest BCUT2D eigenvalue weighted by Gasteiger charge is -2.37. The minimum absolute atomic E-state index is 0.171. The van der Waals surface area contributed by atoms with Gasteiger partial charge in [0.15, 0.2) is 11.5 Å². The van der Waals surface area contributed by atoms with E-state index in [0.717, 1.165) is 5.82 Å². The Bertz CT molecular complexity index is 1060. The SMILES string of the molecule is COc1ccc(C2=C(N3CCN(c4ccccn4)CC3)C(=O)N(CC(C)C)C2=O)cc1OC. The second-order valence-corrected chi connectivity index (χ2v) is 8.57. The lowest BCUT2D eigenvalue weighted by Crippen LogP contribution is -2.48. The lowest BCUT2D eigenvalue weighted by molar-refractivity contribution is -0.138. The van der Waals surface area contributed by atoms with Gasteiger partial charge in [0.2, 0.25) is 0 Å². The summed E-state index contributed by atoms with van der Waals surface area (Å²) < 4.78 is 10.8. The van der Waals surface area contributed by atoms with Crippen molar-refractivity contribution in [3.05, 3.63) is 53.9 Å². The van der Waals surface area contributed by atoms with E-state index < -0.39 is 0 Å². The first-order valence-electron chi connectivity index (χ1n) is 11.2. The smallest absolute Gasteiger partial charge is 0.277 e. The van der Waals surface area contributed by atoms with Crippen LogP contribution in [0.15, 0.2) is 48.3 Å². The fourth-order valence-corrected chi connectivity index (χ4v) is 4.34. The van der Waals surface area contributed by atoms with Crippen LogP contribution in [-0.4, -0.2) is 73.5 Å². The Kier molecular flexibility index (Phi) is 6.53. The molecule has 0 unspecified atom stereocenters. The summed E-state index contributed by atoms with van der Waals surface area (Å²) in [6.07, 6.45) is 1.78. The number of nitrogens with zero attached hydrogens (tertiary/aromatic N) is 4. The van der Waals surface area contributed by atoms with E-state index in [4.69, 9.17) is 9.47 Å². The summed E-state index contributed by atoms with van der Waals surface area (Å²) in [5.74, 6) is 1.69. The Morgan fingerprint density at radius 3 is 2.21 bits per heavy atom. The average Bonchev–Trinajstić information content (AvgIpc) is 3.08. The molecule has 2 amide bonds. The Morgan fingerprint density at radius 1 is 0.909 bits per heavy atom. The zero-order valence-electron chi connectivity index (χ0n) is 19.6. The molecule has 0 spiro atoms. The van der Waals surface area contributed by atoms with E-state index in [2.05, 4.69) is 9.88 Å². The van der Waals surface area contributed by atoms with Gasteiger partial charge in [-0.2, -0.15) is 0 Å². The number of ether oxygens (including phenoxy) is 2. The van der Waals surface area contributed by atoms with Crippen molar-refractivity contribution in [2.75, 3.05) is 51.8 Å². The lowest BCUT2D eigenvalue weighted by atomic mass is 10.0. The second kappa shape index (κ2) is 9.52. The molecule has 3 heterocycles. The molecule has 0 atom stereocenters. The van der Waals surface area contributed by atoms with Gasteiger partial charge in [-0.05, 0) is 35.7 Å². The standard InChI is InChI=1S/C25H30N4O4/c1-17(2)16-29-24(30)22(18-8-9-19(32-3)20(15-18)33-4)23(25(29)31)28-13-11-27(12-14-28)21-7-5-6-10-26-21/h5-10,15,17H,11-14,16H2,1-4H3. The van der Waals surface area contributed by atoms with Crippen LogP contribution in [0.5, 0.6) is 11.5 Å². The molecule has 8 heteroatoms. The number of hydrogen-bond acceptors (Lipinski definition) is 7. The third-order valence-electron chi connectivity index (χ3n) is 5.93. The number of imide groups is 1. The Labute approximate surface area is 194 Å². The maximum atomic E-state index is 13.5. The van der Waals surface area contributed by atoms with Crippen molar-refractivity contribution in [2.24, 2.45) is 5.92 Å². The zero-order valence-corrected chi connectivity index (χ0v) is 19.6. The van der Waals surface area contributed by atoms with Crippen molar-refractivity contribution in [1.82, 2.24) is 14.8 Å². The third-order valence-corrected chi connectivity index (χ3v) is 5.93. The van der Waals surface area contributed by atoms with Crippen LogP contribution >= 0.6 is 0 Å². The molecular formula is C25H30N4O4. The van der Waals surface area contributed by atoms with Gasteiger partial charge in [-0.25, -0.2) is 4.98 Å². The van der Waals surface area contributed by atoms with E-state index >= 15 is 0 Å². The number of carbonyl (C=O) groups is 2. The minimum atomic E-state index is -0.261. The van der Waals surface area contributed by atoms with Gasteiger partial charge in [0.05, 0.1) is 19.8 Å². The summed E-state index contributed by atoms with van der Waals surface area (Å²) in [5, 5.41) is 0. The predicted molar refractivity (Wildman–Crippen MR) is 126 cm³/mol. The van der Waals surface area contributed by atoms with Gasteiger partial charge in [0, 0.05) is 38.9 Å². The first kappa shape index (κ1) is 22.6. The molecule has 1 aromatic heterocycles. The highest BCUT2D eigenvalue weighted by Gasteiger charge is 2.42. The van der Waals surface area contributed by atoms with Crippen LogP contribution in [0.4, 0.5) is 5.82 Å². The van der Waals surface area contributed by atoms with Crippen LogP contribution in [0.2, 0.25) is 0 Å². The van der Waals surface area contributed by atoms with Crippen LogP contribution in [0.1, 0.15) is 19.4 Å². The molecule has 174 valence electrons. The van der Waals surface area contributed by atoms with E-state index in [0.29, 0.717) is 61.1 Å². The van der Waals surface area contributed by atoms with Gasteiger partial charge in [-0.1, -0.05) is 26.0 Å². The largest absolute Gasteiger partial charge is 0.493 e. The average molecular weight is 451 g/mol. The van der Waals surface area contributed by atoms with Crippen LogP contribution < -0.4 is 14.4 Å². The molecule has 0 radical (unpaired) electrons. The Balaban J connectivity index is 1.69. The highest BCUT2D eigenvalue weighted by Crippen LogP contribution is 2.37. The Morgan fingerprint density at radius 2 is 1.61 bits per heavy atom. The number of pyridine rings is 1. The molecular weight excluding hydrogens is 420 g/mol. The molecule has 2 aliphatic heterocycles. The minimum Gasteiger partial charge on any atom is -0.493 e. The summed E-state index contributed by atoms with van der Waals surface area (Å²) in [4.78, 5) is 37.0. The molecule has 4 rings (SSSR count). The summed E-state index contributed by atoms with van der Waals surface area (Å²) in [5.41, 5.74) is 1.54. The van der Waals surface area contributed by atoms with Gasteiger partial charge >= 0.3 is 0 Å². The van der Waals surface area contributed by atoms with E-state index in [-0.39, 0.29) is 17.7 Å². The predicted octanol–water partition coefficient (Wildman–Crippen LogP) is 2.66. The van der Waals surface area contributed by atoms with Gasteiger partial charge in [0.1, 0.15) is 11.5 Å². The van der Waals surface area contributed by atoms with Crippen molar-refractivity contribution >= 4 is 23.2 Å². The third kappa shape index (κ3) is 4.37. The zero-order chi connectivity index (χ0) is 23.5. The van der Waals surface area contributed by atoms with Crippen molar-refractivity contribution in [1.29, 1.82) is 0 Å². The molecule has 8 nitrogen and oxygen atoms in total. The molecule has 1 aromatic carbocycles. The van der Waals surface area contributed by atoms with E-state index in [1.807, 2.05) is 43.0 Å². The summed E-state index contributed by atoms with van der Waals surface area (Å²) in [6, 6.07) is 11.2. The van der Waals surface area contributed by atoms with Gasteiger partial charge in [-0.15, -0.1) is 0 Å². The van der Waals surface area contributed by atoms with Crippen molar-refractivity contribution in [2.45, 2.75) is 13.8 Å². The van der Waals surface area contributed by atoms with Crippen LogP contribution in [-0.2, 0) is 9.59 Å². The van der Waals surface area contributed by atoms with E-state index in [1.54, 1.807) is 32.5 Å². The maximum Gasteiger partial charge on any atom is 0.277 e. The van der Waals surface area contributed by atoms with Crippen molar-refractivity contribution < 1.29 is 19.1 Å². The number of anilines is 1. The van der Waals surface area contributed by atoms with E-state index in [1.165, 1.54) is 4.90 Å². The molecule has 2 aromatic rings. The first-order valence-corrected chi connectivity index (χ1v) is 11.2. The number of methoxy groups -OCH3 is 2. The van der Waals surface area contributed by atoms with Crippen LogP contribution in [0.3, 0.4) is 0 Å². The monoisotopic (exact) mass is 450 g/mol. The Hall–Kier alpha value is -3.55. The quantitative estimate of drug-likeness (QED) is 0.601. The number of aromatic nitrogens is 1. The molecule has 0 saturated carbocycles. The molecule has 1 fully saturated rings. The summed E-state index contributed by atoms with van der Waals surface area (Å²) in [6.45, 7) is 7.05. The summed E-state index contributed by atoms with van der Waals surface area (Å²) in [7, 11) is 3.12.